The van der Waals surface area contributed by atoms with Crippen molar-refractivity contribution in [2.45, 2.75) is 31.7 Å². The summed E-state index contributed by atoms with van der Waals surface area (Å²) in [6, 6.07) is 4.95. The summed E-state index contributed by atoms with van der Waals surface area (Å²) in [4.78, 5) is 11.9. The van der Waals surface area contributed by atoms with Gasteiger partial charge in [-0.05, 0) is 44.4 Å². The first-order valence-corrected chi connectivity index (χ1v) is 5.75. The van der Waals surface area contributed by atoms with Gasteiger partial charge in [0.25, 0.3) is 5.91 Å². The number of nitrogens with two attached hydrogens (primary N) is 1. The predicted octanol–water partition coefficient (Wildman–Crippen LogP) is 2.59. The second-order valence-corrected chi connectivity index (χ2v) is 5.01. The fourth-order valence-corrected chi connectivity index (χ4v) is 2.03. The highest BCUT2D eigenvalue weighted by Gasteiger charge is 2.33. The van der Waals surface area contributed by atoms with E-state index in [9.17, 15) is 4.79 Å². The molecule has 0 bridgehead atoms. The fraction of sp³-hybridized carbons (Fsp3) is 0.417. The summed E-state index contributed by atoms with van der Waals surface area (Å²) in [5.74, 6) is -0.0795. The number of anilines is 1. The second-order valence-electron chi connectivity index (χ2n) is 4.60. The van der Waals surface area contributed by atoms with E-state index < -0.39 is 0 Å². The molecule has 16 heavy (non-hydrogen) atoms. The van der Waals surface area contributed by atoms with Crippen molar-refractivity contribution < 1.29 is 4.79 Å². The van der Waals surface area contributed by atoms with E-state index in [0.29, 0.717) is 16.3 Å². The number of halogens is 1. The van der Waals surface area contributed by atoms with Crippen molar-refractivity contribution in [3.63, 3.8) is 0 Å². The molecule has 1 aromatic rings. The lowest BCUT2D eigenvalue weighted by molar-refractivity contribution is 0.0850. The third-order valence-electron chi connectivity index (χ3n) is 3.14. The highest BCUT2D eigenvalue weighted by Crippen LogP contribution is 2.31. The molecule has 0 unspecified atom stereocenters. The Morgan fingerprint density at radius 3 is 2.69 bits per heavy atom. The first-order chi connectivity index (χ1) is 7.50. The van der Waals surface area contributed by atoms with Gasteiger partial charge >= 0.3 is 0 Å². The summed E-state index contributed by atoms with van der Waals surface area (Å²) in [5.41, 5.74) is 6.61. The first-order valence-electron chi connectivity index (χ1n) is 5.38. The van der Waals surface area contributed by atoms with Gasteiger partial charge in [0.15, 0.2) is 0 Å². The van der Waals surface area contributed by atoms with Crippen molar-refractivity contribution in [2.24, 2.45) is 0 Å². The summed E-state index contributed by atoms with van der Waals surface area (Å²) in [7, 11) is 0. The van der Waals surface area contributed by atoms with Gasteiger partial charge in [-0.2, -0.15) is 0 Å². The van der Waals surface area contributed by atoms with Crippen LogP contribution in [0.4, 0.5) is 5.69 Å². The zero-order valence-electron chi connectivity index (χ0n) is 9.22. The molecule has 1 fully saturated rings. The van der Waals surface area contributed by atoms with Crippen LogP contribution < -0.4 is 11.1 Å². The van der Waals surface area contributed by atoms with Crippen LogP contribution in [-0.2, 0) is 0 Å². The van der Waals surface area contributed by atoms with E-state index in [2.05, 4.69) is 12.2 Å². The number of rotatable bonds is 2. The van der Waals surface area contributed by atoms with Crippen LogP contribution in [0.25, 0.3) is 0 Å². The van der Waals surface area contributed by atoms with Crippen LogP contribution in [0.2, 0.25) is 5.02 Å². The molecular formula is C12H15ClN2O. The second kappa shape index (κ2) is 3.98. The molecule has 1 amide bonds. The third kappa shape index (κ3) is 2.14. The number of nitrogens with one attached hydrogen (secondary N) is 1. The number of carbonyl (C=O) groups is 1. The Hall–Kier alpha value is -1.22. The van der Waals surface area contributed by atoms with Gasteiger partial charge in [-0.3, -0.25) is 4.79 Å². The molecule has 3 nitrogen and oxygen atoms in total. The highest BCUT2D eigenvalue weighted by molar-refractivity contribution is 6.33. The average molecular weight is 239 g/mol. The normalized spacial score (nSPS) is 17.6. The van der Waals surface area contributed by atoms with Crippen LogP contribution in [0.3, 0.4) is 0 Å². The van der Waals surface area contributed by atoms with Gasteiger partial charge in [-0.1, -0.05) is 11.6 Å². The molecule has 0 heterocycles. The van der Waals surface area contributed by atoms with Crippen LogP contribution >= 0.6 is 11.6 Å². The van der Waals surface area contributed by atoms with Crippen LogP contribution in [0, 0.1) is 0 Å². The van der Waals surface area contributed by atoms with Gasteiger partial charge in [0.1, 0.15) is 0 Å². The van der Waals surface area contributed by atoms with E-state index in [4.69, 9.17) is 17.3 Å². The topological polar surface area (TPSA) is 55.1 Å². The molecule has 0 spiro atoms. The van der Waals surface area contributed by atoms with Gasteiger partial charge < -0.3 is 11.1 Å². The minimum Gasteiger partial charge on any atom is -0.398 e. The molecule has 0 atom stereocenters. The largest absolute Gasteiger partial charge is 0.398 e. The summed E-state index contributed by atoms with van der Waals surface area (Å²) in [5, 5.41) is 3.44. The lowest BCUT2D eigenvalue weighted by Crippen LogP contribution is -2.50. The standard InChI is InChI=1S/C12H15ClN2O/c1-12(5-2-6-12)15-11(16)8-3-4-10(14)9(13)7-8/h3-4,7H,2,5-6,14H2,1H3,(H,15,16). The molecule has 0 aromatic heterocycles. The van der Waals surface area contributed by atoms with E-state index in [1.807, 2.05) is 0 Å². The number of carbonyl (C=O) groups excluding carboxylic acids is 1. The quantitative estimate of drug-likeness (QED) is 0.779. The molecular weight excluding hydrogens is 224 g/mol. The molecule has 3 N–H and O–H groups in total. The summed E-state index contributed by atoms with van der Waals surface area (Å²) in [6.45, 7) is 2.06. The molecule has 86 valence electrons. The Bertz CT molecular complexity index is 427. The molecule has 2 rings (SSSR count). The summed E-state index contributed by atoms with van der Waals surface area (Å²) in [6.07, 6.45) is 3.27. The van der Waals surface area contributed by atoms with Crippen LogP contribution in [0.15, 0.2) is 18.2 Å². The average Bonchev–Trinajstić information content (AvgIpc) is 2.19. The smallest absolute Gasteiger partial charge is 0.251 e. The van der Waals surface area contributed by atoms with E-state index in [-0.39, 0.29) is 11.4 Å². The van der Waals surface area contributed by atoms with Gasteiger partial charge in [0.2, 0.25) is 0 Å². The maximum atomic E-state index is 11.9. The minimum atomic E-state index is -0.0795. The van der Waals surface area contributed by atoms with Gasteiger partial charge in [0.05, 0.1) is 10.7 Å². The highest BCUT2D eigenvalue weighted by atomic mass is 35.5. The predicted molar refractivity (Wildman–Crippen MR) is 65.6 cm³/mol. The third-order valence-corrected chi connectivity index (χ3v) is 3.46. The number of nitrogen functional groups attached to an aromatic ring is 1. The van der Waals surface area contributed by atoms with Crippen molar-refractivity contribution >= 4 is 23.2 Å². The summed E-state index contributed by atoms with van der Waals surface area (Å²) >= 11 is 5.87. The molecule has 1 aliphatic rings. The van der Waals surface area contributed by atoms with Gasteiger partial charge in [0, 0.05) is 11.1 Å². The minimum absolute atomic E-state index is 0.0368. The Balaban J connectivity index is 2.11. The van der Waals surface area contributed by atoms with Crippen molar-refractivity contribution in [1.29, 1.82) is 0 Å². The molecule has 1 aliphatic carbocycles. The SMILES string of the molecule is CC1(NC(=O)c2ccc(N)c(Cl)c2)CCC1. The van der Waals surface area contributed by atoms with Crippen molar-refractivity contribution in [2.75, 3.05) is 5.73 Å². The van der Waals surface area contributed by atoms with E-state index >= 15 is 0 Å². The van der Waals surface area contributed by atoms with Gasteiger partial charge in [-0.15, -0.1) is 0 Å². The zero-order valence-corrected chi connectivity index (χ0v) is 9.97. The summed E-state index contributed by atoms with van der Waals surface area (Å²) < 4.78 is 0. The Morgan fingerprint density at radius 2 is 2.19 bits per heavy atom. The van der Waals surface area contributed by atoms with Crippen molar-refractivity contribution in [3.05, 3.63) is 28.8 Å². The Morgan fingerprint density at radius 1 is 1.50 bits per heavy atom. The first kappa shape index (κ1) is 11.3. The Kier molecular flexibility index (Phi) is 2.80. The van der Waals surface area contributed by atoms with E-state index in [0.717, 1.165) is 12.8 Å². The number of benzene rings is 1. The fourth-order valence-electron chi connectivity index (χ4n) is 1.85. The molecule has 1 aromatic carbocycles. The van der Waals surface area contributed by atoms with Crippen LogP contribution in [0.5, 0.6) is 0 Å². The van der Waals surface area contributed by atoms with Crippen LogP contribution in [-0.4, -0.2) is 11.4 Å². The number of amides is 1. The molecule has 0 aliphatic heterocycles. The lowest BCUT2D eigenvalue weighted by atomic mass is 9.78. The molecule has 4 heteroatoms. The molecule has 0 radical (unpaired) electrons. The van der Waals surface area contributed by atoms with Crippen LogP contribution in [0.1, 0.15) is 36.5 Å². The monoisotopic (exact) mass is 238 g/mol. The number of hydrogen-bond donors (Lipinski definition) is 2. The Labute approximate surface area is 100.0 Å². The number of hydrogen-bond acceptors (Lipinski definition) is 2. The molecule has 0 saturated heterocycles. The van der Waals surface area contributed by atoms with E-state index in [1.54, 1.807) is 18.2 Å². The van der Waals surface area contributed by atoms with Crippen molar-refractivity contribution in [1.82, 2.24) is 5.32 Å². The maximum Gasteiger partial charge on any atom is 0.251 e. The molecule has 1 saturated carbocycles. The van der Waals surface area contributed by atoms with E-state index in [1.165, 1.54) is 6.42 Å². The van der Waals surface area contributed by atoms with Gasteiger partial charge in [-0.25, -0.2) is 0 Å². The maximum absolute atomic E-state index is 11.9. The zero-order chi connectivity index (χ0) is 11.8. The lowest BCUT2D eigenvalue weighted by Gasteiger charge is -2.39. The van der Waals surface area contributed by atoms with Crippen molar-refractivity contribution in [3.8, 4) is 0 Å².